The van der Waals surface area contributed by atoms with Crippen LogP contribution >= 0.6 is 0 Å². The van der Waals surface area contributed by atoms with Crippen molar-refractivity contribution in [3.63, 3.8) is 0 Å². The fourth-order valence-corrected chi connectivity index (χ4v) is 2.95. The van der Waals surface area contributed by atoms with Crippen LogP contribution in [0.1, 0.15) is 60.3 Å². The standard InChI is InChI=1S/C17H22.C7H10.C3H6/c1-6-15(7-2)17(8-3)14(5)13(4)16-11-9-10-12-16;1-2-7-5-3-4-6-7;1-3-2/h6-7,9-11H,1,4,8,12H2,2-3,5H3;3-5H,2,6H2,1H3;3H,1H2,2H3/b15-7?,17-14-;;. The van der Waals surface area contributed by atoms with Crippen molar-refractivity contribution in [1.82, 2.24) is 0 Å². The minimum atomic E-state index is 1.01. The maximum Gasteiger partial charge on any atom is -0.00885 e. The van der Waals surface area contributed by atoms with Crippen molar-refractivity contribution in [2.24, 2.45) is 0 Å². The summed E-state index contributed by atoms with van der Waals surface area (Å²) in [5.41, 5.74) is 7.90. The number of allylic oxidation sites excluding steroid dienone is 15. The molecule has 0 atom stereocenters. The second-order valence-corrected chi connectivity index (χ2v) is 6.43. The molecule has 0 saturated carbocycles. The van der Waals surface area contributed by atoms with Crippen LogP contribution in [0.25, 0.3) is 0 Å². The summed E-state index contributed by atoms with van der Waals surface area (Å²) < 4.78 is 0. The predicted octanol–water partition coefficient (Wildman–Crippen LogP) is 8.76. The molecule has 0 aliphatic heterocycles. The molecular formula is C27H38. The lowest BCUT2D eigenvalue weighted by Crippen LogP contribution is -1.96. The van der Waals surface area contributed by atoms with Gasteiger partial charge in [-0.1, -0.05) is 87.3 Å². The van der Waals surface area contributed by atoms with Gasteiger partial charge in [0, 0.05) is 0 Å². The molecule has 0 heterocycles. The molecule has 2 rings (SSSR count). The van der Waals surface area contributed by atoms with Gasteiger partial charge in [0.1, 0.15) is 0 Å². The predicted molar refractivity (Wildman–Crippen MR) is 126 cm³/mol. The molecule has 0 heteroatoms. The van der Waals surface area contributed by atoms with E-state index in [1.54, 1.807) is 11.6 Å². The highest BCUT2D eigenvalue weighted by Crippen LogP contribution is 2.30. The molecule has 146 valence electrons. The average molecular weight is 363 g/mol. The van der Waals surface area contributed by atoms with Crippen LogP contribution in [0.4, 0.5) is 0 Å². The van der Waals surface area contributed by atoms with Gasteiger partial charge in [0.05, 0.1) is 0 Å². The Labute approximate surface area is 168 Å². The van der Waals surface area contributed by atoms with E-state index in [0.717, 1.165) is 18.4 Å². The molecule has 27 heavy (non-hydrogen) atoms. The van der Waals surface area contributed by atoms with Gasteiger partial charge in [0.2, 0.25) is 0 Å². The Morgan fingerprint density at radius 2 is 1.63 bits per heavy atom. The Balaban J connectivity index is 0.000000555. The molecule has 0 aromatic carbocycles. The maximum absolute atomic E-state index is 4.23. The van der Waals surface area contributed by atoms with E-state index in [2.05, 4.69) is 90.0 Å². The molecule has 0 unspecified atom stereocenters. The van der Waals surface area contributed by atoms with E-state index in [0.29, 0.717) is 0 Å². The Bertz CT molecular complexity index is 682. The summed E-state index contributed by atoms with van der Waals surface area (Å²) in [6, 6.07) is 0. The van der Waals surface area contributed by atoms with Gasteiger partial charge >= 0.3 is 0 Å². The van der Waals surface area contributed by atoms with Crippen LogP contribution in [0.3, 0.4) is 0 Å². The van der Waals surface area contributed by atoms with Crippen molar-refractivity contribution in [2.45, 2.75) is 60.3 Å². The minimum Gasteiger partial charge on any atom is -0.103 e. The van der Waals surface area contributed by atoms with Gasteiger partial charge in [-0.3, -0.25) is 0 Å². The normalized spacial score (nSPS) is 15.5. The fourth-order valence-electron chi connectivity index (χ4n) is 2.95. The summed E-state index contributed by atoms with van der Waals surface area (Å²) in [7, 11) is 0. The number of hydrogen-bond donors (Lipinski definition) is 0. The van der Waals surface area contributed by atoms with Gasteiger partial charge in [-0.05, 0) is 74.3 Å². The lowest BCUT2D eigenvalue weighted by molar-refractivity contribution is 1.05. The maximum atomic E-state index is 4.23. The fraction of sp³-hybridized carbons (Fsp3) is 0.333. The summed E-state index contributed by atoms with van der Waals surface area (Å²) >= 11 is 0. The van der Waals surface area contributed by atoms with Gasteiger partial charge in [0.25, 0.3) is 0 Å². The summed E-state index contributed by atoms with van der Waals surface area (Å²) in [6.07, 6.45) is 23.2. The van der Waals surface area contributed by atoms with E-state index in [1.165, 1.54) is 35.1 Å². The molecule has 0 nitrogen and oxygen atoms in total. The van der Waals surface area contributed by atoms with E-state index >= 15 is 0 Å². The van der Waals surface area contributed by atoms with E-state index in [4.69, 9.17) is 0 Å². The van der Waals surface area contributed by atoms with Gasteiger partial charge in [-0.15, -0.1) is 6.58 Å². The Kier molecular flexibility index (Phi) is 13.5. The van der Waals surface area contributed by atoms with Crippen molar-refractivity contribution < 1.29 is 0 Å². The van der Waals surface area contributed by atoms with Crippen molar-refractivity contribution in [1.29, 1.82) is 0 Å². The Hall–Kier alpha value is -2.34. The molecule has 0 saturated heterocycles. The third kappa shape index (κ3) is 8.73. The first kappa shape index (κ1) is 24.7. The molecule has 0 radical (unpaired) electrons. The minimum absolute atomic E-state index is 1.01. The van der Waals surface area contributed by atoms with Crippen molar-refractivity contribution in [2.75, 3.05) is 0 Å². The zero-order valence-electron chi connectivity index (χ0n) is 18.1. The van der Waals surface area contributed by atoms with Gasteiger partial charge in [-0.2, -0.15) is 0 Å². The second kappa shape index (κ2) is 14.8. The van der Waals surface area contributed by atoms with E-state index in [-0.39, 0.29) is 0 Å². The molecule has 0 spiro atoms. The molecule has 0 aromatic rings. The van der Waals surface area contributed by atoms with Crippen molar-refractivity contribution >= 4 is 0 Å². The quantitative estimate of drug-likeness (QED) is 0.327. The first-order valence-corrected chi connectivity index (χ1v) is 9.96. The first-order chi connectivity index (χ1) is 13.0. The average Bonchev–Trinajstić information content (AvgIpc) is 3.39. The van der Waals surface area contributed by atoms with Gasteiger partial charge in [-0.25, -0.2) is 0 Å². The van der Waals surface area contributed by atoms with Crippen LogP contribution in [0.15, 0.2) is 108 Å². The lowest BCUT2D eigenvalue weighted by atomic mass is 9.90. The smallest absolute Gasteiger partial charge is 0.00885 e. The zero-order valence-corrected chi connectivity index (χ0v) is 18.1. The molecule has 0 aromatic heterocycles. The molecule has 2 aliphatic rings. The highest BCUT2D eigenvalue weighted by atomic mass is 14.2. The molecule has 0 bridgehead atoms. The van der Waals surface area contributed by atoms with Crippen LogP contribution in [0.2, 0.25) is 0 Å². The Morgan fingerprint density at radius 1 is 1.04 bits per heavy atom. The van der Waals surface area contributed by atoms with Crippen LogP contribution < -0.4 is 0 Å². The van der Waals surface area contributed by atoms with Crippen LogP contribution in [0.5, 0.6) is 0 Å². The van der Waals surface area contributed by atoms with Crippen molar-refractivity contribution in [3.05, 3.63) is 108 Å². The summed E-state index contributed by atoms with van der Waals surface area (Å²) in [5, 5.41) is 0. The summed E-state index contributed by atoms with van der Waals surface area (Å²) in [6.45, 7) is 21.9. The highest BCUT2D eigenvalue weighted by Gasteiger charge is 2.11. The molecular weight excluding hydrogens is 324 g/mol. The highest BCUT2D eigenvalue weighted by molar-refractivity contribution is 5.55. The van der Waals surface area contributed by atoms with E-state index < -0.39 is 0 Å². The number of rotatable bonds is 6. The van der Waals surface area contributed by atoms with Gasteiger partial charge < -0.3 is 0 Å². The zero-order chi connectivity index (χ0) is 20.7. The Morgan fingerprint density at radius 3 is 1.96 bits per heavy atom. The number of hydrogen-bond acceptors (Lipinski definition) is 0. The van der Waals surface area contributed by atoms with E-state index in [1.807, 2.05) is 13.0 Å². The third-order valence-electron chi connectivity index (χ3n) is 4.60. The molecule has 2 aliphatic carbocycles. The summed E-state index contributed by atoms with van der Waals surface area (Å²) in [5.74, 6) is 0. The van der Waals surface area contributed by atoms with Crippen LogP contribution in [0, 0.1) is 0 Å². The van der Waals surface area contributed by atoms with Gasteiger partial charge in [0.15, 0.2) is 0 Å². The lowest BCUT2D eigenvalue weighted by Gasteiger charge is -2.15. The SMILES string of the molecule is C=CC.C=CC(=CC)/C(CC)=C(/C)C(=C)C1=CC=CC1.CCC1=CC=CC1. The van der Waals surface area contributed by atoms with E-state index in [9.17, 15) is 0 Å². The molecule has 0 fully saturated rings. The monoisotopic (exact) mass is 362 g/mol. The second-order valence-electron chi connectivity index (χ2n) is 6.43. The first-order valence-electron chi connectivity index (χ1n) is 9.96. The van der Waals surface area contributed by atoms with Crippen molar-refractivity contribution in [3.8, 4) is 0 Å². The largest absolute Gasteiger partial charge is 0.103 e. The third-order valence-corrected chi connectivity index (χ3v) is 4.60. The summed E-state index contributed by atoms with van der Waals surface area (Å²) in [4.78, 5) is 0. The van der Waals surface area contributed by atoms with Crippen LogP contribution in [-0.4, -0.2) is 0 Å². The van der Waals surface area contributed by atoms with Crippen LogP contribution in [-0.2, 0) is 0 Å². The topological polar surface area (TPSA) is 0 Å². The molecule has 0 N–H and O–H groups in total. The molecule has 0 amide bonds.